The summed E-state index contributed by atoms with van der Waals surface area (Å²) < 4.78 is 0. The van der Waals surface area contributed by atoms with Crippen LogP contribution in [0.2, 0.25) is 0 Å². The van der Waals surface area contributed by atoms with E-state index in [0.29, 0.717) is 19.4 Å². The highest BCUT2D eigenvalue weighted by Crippen LogP contribution is 2.19. The molecule has 4 unspecified atom stereocenters. The number of H-pyrrole nitrogens is 1. The highest BCUT2D eigenvalue weighted by Gasteiger charge is 2.31. The second-order valence-electron chi connectivity index (χ2n) is 10.2. The minimum atomic E-state index is -1.36. The molecule has 40 heavy (non-hydrogen) atoms. The number of nitrogens with one attached hydrogen (secondary N) is 4. The fourth-order valence-electron chi connectivity index (χ4n) is 4.26. The molecule has 4 atom stereocenters. The average Bonchev–Trinajstić information content (AvgIpc) is 3.30. The number of unbranched alkanes of at least 4 members (excludes halogenated alkanes) is 1. The molecule has 1 aromatic carbocycles. The van der Waals surface area contributed by atoms with E-state index in [1.165, 1.54) is 0 Å². The first-order valence-corrected chi connectivity index (χ1v) is 13.4. The highest BCUT2D eigenvalue weighted by molar-refractivity contribution is 5.94. The van der Waals surface area contributed by atoms with Crippen molar-refractivity contribution in [1.29, 1.82) is 0 Å². The van der Waals surface area contributed by atoms with Gasteiger partial charge in [0.1, 0.15) is 18.1 Å². The van der Waals surface area contributed by atoms with Crippen LogP contribution in [0.4, 0.5) is 0 Å². The molecular weight excluding hydrogens is 518 g/mol. The van der Waals surface area contributed by atoms with Crippen LogP contribution in [-0.4, -0.2) is 70.4 Å². The van der Waals surface area contributed by atoms with Gasteiger partial charge in [0.25, 0.3) is 0 Å². The van der Waals surface area contributed by atoms with Crippen molar-refractivity contribution in [3.05, 3.63) is 36.0 Å². The molecule has 1 aromatic heterocycles. The zero-order valence-electron chi connectivity index (χ0n) is 22.9. The Hall–Kier alpha value is -3.97. The number of carbonyl (C=O) groups excluding carboxylic acids is 4. The summed E-state index contributed by atoms with van der Waals surface area (Å²) in [6, 6.07) is 3.24. The summed E-state index contributed by atoms with van der Waals surface area (Å²) in [4.78, 5) is 65.1. The number of para-hydroxylation sites is 1. The van der Waals surface area contributed by atoms with Crippen LogP contribution in [0.5, 0.6) is 0 Å². The van der Waals surface area contributed by atoms with Crippen LogP contribution in [0, 0.1) is 5.92 Å². The van der Waals surface area contributed by atoms with Crippen LogP contribution < -0.4 is 33.2 Å². The van der Waals surface area contributed by atoms with E-state index in [4.69, 9.17) is 17.2 Å². The molecule has 11 N–H and O–H groups in total. The number of carbonyl (C=O) groups is 5. The Morgan fingerprint density at radius 1 is 0.925 bits per heavy atom. The maximum atomic E-state index is 13.3. The number of carboxylic acid groups (broad SMARTS) is 1. The van der Waals surface area contributed by atoms with Crippen LogP contribution >= 0.6 is 0 Å². The van der Waals surface area contributed by atoms with Gasteiger partial charge >= 0.3 is 5.97 Å². The fraction of sp³-hybridized carbons (Fsp3) is 0.519. The number of hydrogen-bond acceptors (Lipinski definition) is 7. The molecule has 2 aromatic rings. The van der Waals surface area contributed by atoms with E-state index in [-0.39, 0.29) is 31.6 Å². The van der Waals surface area contributed by atoms with Gasteiger partial charge in [0.2, 0.25) is 23.6 Å². The van der Waals surface area contributed by atoms with E-state index in [2.05, 4.69) is 20.9 Å². The number of aromatic amines is 1. The SMILES string of the molecule is CC(C)C(NC(=O)C(N)Cc1c[nH]c2ccccc12)C(=O)NC(CCCCN)C(=O)NC(CCC(N)=O)C(=O)O. The first kappa shape index (κ1) is 32.2. The number of rotatable bonds is 17. The highest BCUT2D eigenvalue weighted by atomic mass is 16.4. The van der Waals surface area contributed by atoms with Gasteiger partial charge in [0.05, 0.1) is 6.04 Å². The van der Waals surface area contributed by atoms with E-state index in [9.17, 15) is 29.1 Å². The fourth-order valence-corrected chi connectivity index (χ4v) is 4.26. The Kier molecular flexibility index (Phi) is 12.6. The molecule has 220 valence electrons. The number of fused-ring (bicyclic) bond motifs is 1. The average molecular weight is 560 g/mol. The molecule has 0 saturated heterocycles. The van der Waals surface area contributed by atoms with E-state index in [1.54, 1.807) is 20.0 Å². The van der Waals surface area contributed by atoms with Gasteiger partial charge in [0.15, 0.2) is 0 Å². The van der Waals surface area contributed by atoms with Gasteiger partial charge in [-0.1, -0.05) is 32.0 Å². The molecule has 0 aliphatic heterocycles. The first-order chi connectivity index (χ1) is 18.9. The predicted molar refractivity (Wildman–Crippen MR) is 150 cm³/mol. The lowest BCUT2D eigenvalue weighted by molar-refractivity contribution is -0.142. The lowest BCUT2D eigenvalue weighted by Gasteiger charge is -2.27. The van der Waals surface area contributed by atoms with Gasteiger partial charge in [0, 0.05) is 23.5 Å². The predicted octanol–water partition coefficient (Wildman–Crippen LogP) is -0.373. The molecule has 0 aliphatic carbocycles. The number of carboxylic acids is 1. The van der Waals surface area contributed by atoms with E-state index < -0.39 is 53.8 Å². The van der Waals surface area contributed by atoms with Crippen molar-refractivity contribution in [2.75, 3.05) is 6.54 Å². The Labute approximate surface area is 233 Å². The first-order valence-electron chi connectivity index (χ1n) is 13.4. The topological polar surface area (TPSA) is 236 Å². The van der Waals surface area contributed by atoms with Crippen LogP contribution in [0.1, 0.15) is 51.5 Å². The third kappa shape index (κ3) is 9.65. The van der Waals surface area contributed by atoms with Crippen molar-refractivity contribution in [1.82, 2.24) is 20.9 Å². The van der Waals surface area contributed by atoms with Gasteiger partial charge in [-0.05, 0) is 56.2 Å². The third-order valence-corrected chi connectivity index (χ3v) is 6.57. The minimum Gasteiger partial charge on any atom is -0.480 e. The lowest BCUT2D eigenvalue weighted by atomic mass is 10.00. The van der Waals surface area contributed by atoms with Crippen molar-refractivity contribution in [3.8, 4) is 0 Å². The van der Waals surface area contributed by atoms with Gasteiger partial charge in [-0.2, -0.15) is 0 Å². The summed E-state index contributed by atoms with van der Waals surface area (Å²) in [7, 11) is 0. The molecule has 0 aliphatic rings. The van der Waals surface area contributed by atoms with Crippen molar-refractivity contribution in [2.24, 2.45) is 23.1 Å². The summed E-state index contributed by atoms with van der Waals surface area (Å²) in [6.45, 7) is 3.85. The van der Waals surface area contributed by atoms with Crippen molar-refractivity contribution < 1.29 is 29.1 Å². The molecular formula is C27H41N7O6. The Balaban J connectivity index is 2.10. The molecule has 4 amide bonds. The summed E-state index contributed by atoms with van der Waals surface area (Å²) >= 11 is 0. The molecule has 2 rings (SSSR count). The summed E-state index contributed by atoms with van der Waals surface area (Å²) in [6.07, 6.45) is 2.87. The Morgan fingerprint density at radius 2 is 1.60 bits per heavy atom. The van der Waals surface area contributed by atoms with E-state index in [1.807, 2.05) is 24.3 Å². The van der Waals surface area contributed by atoms with Crippen LogP contribution in [0.25, 0.3) is 10.9 Å². The number of aliphatic carboxylic acids is 1. The Bertz CT molecular complexity index is 1180. The monoisotopic (exact) mass is 559 g/mol. The molecule has 13 heteroatoms. The maximum Gasteiger partial charge on any atom is 0.326 e. The largest absolute Gasteiger partial charge is 0.480 e. The number of amides is 4. The quantitative estimate of drug-likeness (QED) is 0.119. The lowest BCUT2D eigenvalue weighted by Crippen LogP contribution is -2.58. The number of hydrogen-bond donors (Lipinski definition) is 8. The molecule has 0 radical (unpaired) electrons. The maximum absolute atomic E-state index is 13.3. The zero-order valence-corrected chi connectivity index (χ0v) is 22.9. The van der Waals surface area contributed by atoms with Crippen molar-refractivity contribution >= 4 is 40.5 Å². The third-order valence-electron chi connectivity index (χ3n) is 6.57. The van der Waals surface area contributed by atoms with E-state index in [0.717, 1.165) is 16.5 Å². The second-order valence-corrected chi connectivity index (χ2v) is 10.2. The number of primary amides is 1. The second kappa shape index (κ2) is 15.6. The van der Waals surface area contributed by atoms with Crippen LogP contribution in [0.15, 0.2) is 30.5 Å². The number of nitrogens with two attached hydrogens (primary N) is 3. The molecule has 0 saturated carbocycles. The minimum absolute atomic E-state index is 0.190. The van der Waals surface area contributed by atoms with Gasteiger partial charge in [-0.15, -0.1) is 0 Å². The summed E-state index contributed by atoms with van der Waals surface area (Å²) in [5.74, 6) is -4.25. The smallest absolute Gasteiger partial charge is 0.326 e. The number of aromatic nitrogens is 1. The number of benzene rings is 1. The Morgan fingerprint density at radius 3 is 2.23 bits per heavy atom. The van der Waals surface area contributed by atoms with Gasteiger partial charge in [-0.3, -0.25) is 19.2 Å². The van der Waals surface area contributed by atoms with E-state index >= 15 is 0 Å². The molecule has 13 nitrogen and oxygen atoms in total. The van der Waals surface area contributed by atoms with Crippen molar-refractivity contribution in [2.45, 2.75) is 76.5 Å². The van der Waals surface area contributed by atoms with Crippen molar-refractivity contribution in [3.63, 3.8) is 0 Å². The van der Waals surface area contributed by atoms with Gasteiger partial charge < -0.3 is 43.2 Å². The standard InChI is InChI=1S/C27H41N7O6/c1-15(2)23(34-24(36)18(29)13-16-14-31-19-8-4-3-7-17(16)19)26(38)32-20(9-5-6-12-28)25(37)33-21(27(39)40)10-11-22(30)35/h3-4,7-8,14-15,18,20-21,23,31H,5-6,9-13,28-29H2,1-2H3,(H2,30,35)(H,32,38)(H,33,37)(H,34,36)(H,39,40). The molecule has 0 spiro atoms. The molecule has 0 bridgehead atoms. The normalized spacial score (nSPS) is 14.2. The summed E-state index contributed by atoms with van der Waals surface area (Å²) in [5, 5.41) is 18.1. The van der Waals surface area contributed by atoms with Crippen LogP contribution in [0.3, 0.4) is 0 Å². The molecule has 1 heterocycles. The van der Waals surface area contributed by atoms with Gasteiger partial charge in [-0.25, -0.2) is 4.79 Å². The zero-order chi connectivity index (χ0) is 29.8. The molecule has 0 fully saturated rings. The van der Waals surface area contributed by atoms with Crippen LogP contribution in [-0.2, 0) is 30.4 Å². The summed E-state index contributed by atoms with van der Waals surface area (Å²) in [5.41, 5.74) is 18.6.